The van der Waals surface area contributed by atoms with Crippen molar-refractivity contribution in [3.63, 3.8) is 0 Å². The van der Waals surface area contributed by atoms with Gasteiger partial charge in [-0.1, -0.05) is 19.3 Å². The van der Waals surface area contributed by atoms with Gasteiger partial charge in [-0.15, -0.1) is 0 Å². The first-order valence-electron chi connectivity index (χ1n) is 10.5. The highest BCUT2D eigenvalue weighted by Gasteiger charge is 2.21. The number of amides is 3. The third-order valence-electron chi connectivity index (χ3n) is 5.08. The third-order valence-corrected chi connectivity index (χ3v) is 5.28. The van der Waals surface area contributed by atoms with Crippen molar-refractivity contribution in [1.82, 2.24) is 16.2 Å². The Kier molecular flexibility index (Phi) is 8.15. The molecule has 32 heavy (non-hydrogen) atoms. The largest absolute Gasteiger partial charge is 0.462 e. The molecule has 1 saturated carbocycles. The molecule has 1 aliphatic carbocycles. The van der Waals surface area contributed by atoms with Crippen LogP contribution < -0.4 is 21.5 Å². The summed E-state index contributed by atoms with van der Waals surface area (Å²) in [6.07, 6.45) is 8.00. The molecule has 0 spiro atoms. The normalized spacial score (nSPS) is 14.0. The molecule has 8 nitrogen and oxygen atoms in total. The lowest BCUT2D eigenvalue weighted by atomic mass is 9.88. The zero-order chi connectivity index (χ0) is 22.9. The number of hydrogen-bond acceptors (Lipinski definition) is 5. The predicted octanol–water partition coefficient (Wildman–Crippen LogP) is 3.46. The quantitative estimate of drug-likeness (QED) is 0.313. The average Bonchev–Trinajstić information content (AvgIpc) is 3.22. The molecule has 1 aromatic carbocycles. The van der Waals surface area contributed by atoms with E-state index in [1.54, 1.807) is 43.3 Å². The Bertz CT molecular complexity index is 1010. The van der Waals surface area contributed by atoms with Crippen molar-refractivity contribution in [2.45, 2.75) is 39.0 Å². The van der Waals surface area contributed by atoms with Crippen LogP contribution in [0, 0.1) is 12.8 Å². The van der Waals surface area contributed by atoms with E-state index in [0.29, 0.717) is 17.0 Å². The fourth-order valence-electron chi connectivity index (χ4n) is 3.39. The first kappa shape index (κ1) is 23.2. The van der Waals surface area contributed by atoms with Crippen LogP contribution in [0.2, 0.25) is 0 Å². The molecular formula is C23H26N4O4S. The van der Waals surface area contributed by atoms with Gasteiger partial charge in [-0.05, 0) is 74.5 Å². The van der Waals surface area contributed by atoms with Crippen LogP contribution >= 0.6 is 12.2 Å². The summed E-state index contributed by atoms with van der Waals surface area (Å²) in [5.74, 6) is 0.469. The molecule has 1 aromatic heterocycles. The Balaban J connectivity index is 1.42. The van der Waals surface area contributed by atoms with Crippen molar-refractivity contribution < 1.29 is 18.8 Å². The third kappa shape index (κ3) is 7.05. The van der Waals surface area contributed by atoms with E-state index in [0.717, 1.165) is 31.4 Å². The molecule has 1 heterocycles. The first-order chi connectivity index (χ1) is 15.4. The van der Waals surface area contributed by atoms with Crippen molar-refractivity contribution in [2.75, 3.05) is 5.32 Å². The first-order valence-corrected chi connectivity index (χ1v) is 10.9. The summed E-state index contributed by atoms with van der Waals surface area (Å²) < 4.78 is 5.33. The summed E-state index contributed by atoms with van der Waals surface area (Å²) in [5, 5.41) is 5.27. The lowest BCUT2D eigenvalue weighted by molar-refractivity contribution is -0.120. The maximum Gasteiger partial charge on any atom is 0.269 e. The molecule has 3 rings (SSSR count). The molecule has 0 radical (unpaired) electrons. The van der Waals surface area contributed by atoms with Crippen molar-refractivity contribution >= 4 is 46.8 Å². The second-order valence-electron chi connectivity index (χ2n) is 7.58. The van der Waals surface area contributed by atoms with Crippen molar-refractivity contribution in [3.05, 3.63) is 59.6 Å². The highest BCUT2D eigenvalue weighted by molar-refractivity contribution is 7.80. The Morgan fingerprint density at radius 1 is 1.00 bits per heavy atom. The van der Waals surface area contributed by atoms with Gasteiger partial charge < -0.3 is 9.73 Å². The minimum atomic E-state index is -0.469. The van der Waals surface area contributed by atoms with Gasteiger partial charge in [0.15, 0.2) is 5.11 Å². The summed E-state index contributed by atoms with van der Waals surface area (Å²) in [6.45, 7) is 1.81. The van der Waals surface area contributed by atoms with Crippen LogP contribution in [0.15, 0.2) is 46.9 Å². The standard InChI is InChI=1S/C23H26N4O4S/c1-15-7-12-19(31-15)13-14-20(28)25-23(32)27-26-22(30)17-8-10-18(11-9-17)24-21(29)16-5-3-2-4-6-16/h7-14,16H,2-6H2,1H3,(H,24,29)(H,26,30)(H2,25,27,28,32)/b14-13+. The Morgan fingerprint density at radius 3 is 2.38 bits per heavy atom. The number of furan rings is 1. The van der Waals surface area contributed by atoms with Crippen LogP contribution in [-0.2, 0) is 9.59 Å². The SMILES string of the molecule is Cc1ccc(/C=C/C(=O)NC(=S)NNC(=O)c2ccc(NC(=O)C3CCCCC3)cc2)o1. The van der Waals surface area contributed by atoms with Crippen LogP contribution in [0.3, 0.4) is 0 Å². The van der Waals surface area contributed by atoms with Gasteiger partial charge in [0.2, 0.25) is 11.8 Å². The Labute approximate surface area is 191 Å². The zero-order valence-electron chi connectivity index (χ0n) is 17.8. The van der Waals surface area contributed by atoms with Crippen LogP contribution in [0.4, 0.5) is 5.69 Å². The van der Waals surface area contributed by atoms with E-state index in [2.05, 4.69) is 21.5 Å². The topological polar surface area (TPSA) is 112 Å². The molecule has 0 saturated heterocycles. The molecule has 168 valence electrons. The van der Waals surface area contributed by atoms with E-state index in [9.17, 15) is 14.4 Å². The van der Waals surface area contributed by atoms with E-state index in [1.807, 2.05) is 0 Å². The van der Waals surface area contributed by atoms with Crippen LogP contribution in [-0.4, -0.2) is 22.8 Å². The predicted molar refractivity (Wildman–Crippen MR) is 125 cm³/mol. The van der Waals surface area contributed by atoms with Crippen molar-refractivity contribution in [1.29, 1.82) is 0 Å². The second kappa shape index (κ2) is 11.2. The van der Waals surface area contributed by atoms with E-state index < -0.39 is 11.8 Å². The molecule has 0 atom stereocenters. The van der Waals surface area contributed by atoms with Gasteiger partial charge in [-0.25, -0.2) is 0 Å². The molecule has 4 N–H and O–H groups in total. The van der Waals surface area contributed by atoms with E-state index in [4.69, 9.17) is 16.6 Å². The highest BCUT2D eigenvalue weighted by atomic mass is 32.1. The van der Waals surface area contributed by atoms with Crippen LogP contribution in [0.5, 0.6) is 0 Å². The summed E-state index contributed by atoms with van der Waals surface area (Å²) >= 11 is 5.00. The Hall–Kier alpha value is -3.46. The molecule has 1 fully saturated rings. The molecule has 1 aliphatic rings. The number of nitrogens with one attached hydrogen (secondary N) is 4. The van der Waals surface area contributed by atoms with Gasteiger partial charge >= 0.3 is 0 Å². The molecule has 3 amide bonds. The number of hydrogen-bond donors (Lipinski definition) is 4. The molecular weight excluding hydrogens is 428 g/mol. The van der Waals surface area contributed by atoms with Gasteiger partial charge in [0.1, 0.15) is 11.5 Å². The van der Waals surface area contributed by atoms with Crippen molar-refractivity contribution in [3.8, 4) is 0 Å². The minimum absolute atomic E-state index is 0.0286. The average molecular weight is 455 g/mol. The fourth-order valence-corrected chi connectivity index (χ4v) is 3.54. The number of anilines is 1. The smallest absolute Gasteiger partial charge is 0.269 e. The van der Waals surface area contributed by atoms with Crippen LogP contribution in [0.25, 0.3) is 6.08 Å². The number of thiocarbonyl (C=S) groups is 1. The summed E-state index contributed by atoms with van der Waals surface area (Å²) in [7, 11) is 0. The summed E-state index contributed by atoms with van der Waals surface area (Å²) in [4.78, 5) is 36.5. The summed E-state index contributed by atoms with van der Waals surface area (Å²) in [6, 6.07) is 10.1. The number of benzene rings is 1. The lowest BCUT2D eigenvalue weighted by Crippen LogP contribution is -2.48. The van der Waals surface area contributed by atoms with Gasteiger partial charge in [0, 0.05) is 23.2 Å². The van der Waals surface area contributed by atoms with Gasteiger partial charge in [0.05, 0.1) is 0 Å². The number of hydrazine groups is 1. The maximum atomic E-state index is 12.3. The van der Waals surface area contributed by atoms with E-state index in [1.165, 1.54) is 18.6 Å². The molecule has 0 unspecified atom stereocenters. The second-order valence-corrected chi connectivity index (χ2v) is 7.99. The summed E-state index contributed by atoms with van der Waals surface area (Å²) in [5.41, 5.74) is 5.91. The lowest BCUT2D eigenvalue weighted by Gasteiger charge is -2.20. The van der Waals surface area contributed by atoms with Crippen LogP contribution in [0.1, 0.15) is 54.0 Å². The number of rotatable bonds is 5. The number of aryl methyl sites for hydroxylation is 1. The minimum Gasteiger partial charge on any atom is -0.462 e. The highest BCUT2D eigenvalue weighted by Crippen LogP contribution is 2.25. The van der Waals surface area contributed by atoms with E-state index in [-0.39, 0.29) is 16.9 Å². The molecule has 9 heteroatoms. The molecule has 0 bridgehead atoms. The van der Waals surface area contributed by atoms with Gasteiger partial charge in [-0.3, -0.25) is 30.6 Å². The molecule has 2 aromatic rings. The fraction of sp³-hybridized carbons (Fsp3) is 0.304. The van der Waals surface area contributed by atoms with E-state index >= 15 is 0 Å². The number of carbonyl (C=O) groups excluding carboxylic acids is 3. The number of carbonyl (C=O) groups is 3. The maximum absolute atomic E-state index is 12.3. The molecule has 0 aliphatic heterocycles. The zero-order valence-corrected chi connectivity index (χ0v) is 18.6. The van der Waals surface area contributed by atoms with Gasteiger partial charge in [0.25, 0.3) is 5.91 Å². The van der Waals surface area contributed by atoms with Gasteiger partial charge in [-0.2, -0.15) is 0 Å². The monoisotopic (exact) mass is 454 g/mol. The van der Waals surface area contributed by atoms with Crippen molar-refractivity contribution in [2.24, 2.45) is 5.92 Å². The Morgan fingerprint density at radius 2 is 1.72 bits per heavy atom.